The van der Waals surface area contributed by atoms with Crippen molar-refractivity contribution >= 4 is 28.9 Å². The molecule has 0 saturated heterocycles. The molecule has 1 amide bonds. The highest BCUT2D eigenvalue weighted by atomic mass is 35.5. The lowest BCUT2D eigenvalue weighted by molar-refractivity contribution is 0.102. The van der Waals surface area contributed by atoms with Crippen molar-refractivity contribution in [1.82, 2.24) is 0 Å². The van der Waals surface area contributed by atoms with Crippen LogP contribution in [-0.4, -0.2) is 13.0 Å². The van der Waals surface area contributed by atoms with Crippen LogP contribution >= 0.6 is 11.6 Å². The molecule has 0 heterocycles. The summed E-state index contributed by atoms with van der Waals surface area (Å²) < 4.78 is 5.07. The number of ether oxygens (including phenoxy) is 1. The number of amides is 1. The van der Waals surface area contributed by atoms with E-state index in [1.54, 1.807) is 30.3 Å². The Balaban J connectivity index is 2.24. The van der Waals surface area contributed by atoms with Crippen LogP contribution in [0.4, 0.5) is 11.4 Å². The van der Waals surface area contributed by atoms with E-state index in [0.29, 0.717) is 33.3 Å². The number of benzene rings is 2. The summed E-state index contributed by atoms with van der Waals surface area (Å²) in [6.07, 6.45) is 0. The van der Waals surface area contributed by atoms with Gasteiger partial charge < -0.3 is 15.8 Å². The number of hydrogen-bond acceptors (Lipinski definition) is 4. The molecule has 21 heavy (non-hydrogen) atoms. The number of rotatable bonds is 3. The second-order valence-corrected chi connectivity index (χ2v) is 4.62. The highest BCUT2D eigenvalue weighted by Gasteiger charge is 2.10. The lowest BCUT2D eigenvalue weighted by Gasteiger charge is -2.09. The zero-order valence-corrected chi connectivity index (χ0v) is 11.9. The second kappa shape index (κ2) is 6.16. The highest BCUT2D eigenvalue weighted by Crippen LogP contribution is 2.24. The number of carbonyl (C=O) groups is 1. The number of methoxy groups -OCH3 is 1. The molecular weight excluding hydrogens is 290 g/mol. The van der Waals surface area contributed by atoms with Crippen molar-refractivity contribution in [2.24, 2.45) is 0 Å². The Labute approximate surface area is 126 Å². The second-order valence-electron chi connectivity index (χ2n) is 4.22. The molecule has 2 aromatic rings. The Bertz CT molecular complexity index is 738. The monoisotopic (exact) mass is 301 g/mol. The van der Waals surface area contributed by atoms with E-state index in [1.165, 1.54) is 13.2 Å². The number of anilines is 2. The number of nitrogen functional groups attached to an aromatic ring is 1. The Morgan fingerprint density at radius 1 is 1.33 bits per heavy atom. The van der Waals surface area contributed by atoms with Gasteiger partial charge in [-0.2, -0.15) is 5.26 Å². The first kappa shape index (κ1) is 14.7. The molecule has 5 nitrogen and oxygen atoms in total. The van der Waals surface area contributed by atoms with E-state index in [9.17, 15) is 4.79 Å². The summed E-state index contributed by atoms with van der Waals surface area (Å²) in [7, 11) is 1.48. The minimum atomic E-state index is -0.334. The van der Waals surface area contributed by atoms with Crippen molar-refractivity contribution in [3.8, 4) is 11.8 Å². The maximum atomic E-state index is 12.2. The first-order valence-corrected chi connectivity index (χ1v) is 6.37. The molecule has 0 aliphatic heterocycles. The molecule has 0 radical (unpaired) electrons. The van der Waals surface area contributed by atoms with E-state index in [-0.39, 0.29) is 5.91 Å². The van der Waals surface area contributed by atoms with Crippen LogP contribution in [0.3, 0.4) is 0 Å². The van der Waals surface area contributed by atoms with Crippen LogP contribution in [0.25, 0.3) is 0 Å². The Hall–Kier alpha value is -2.71. The van der Waals surface area contributed by atoms with Crippen molar-refractivity contribution in [3.63, 3.8) is 0 Å². The Kier molecular flexibility index (Phi) is 4.31. The highest BCUT2D eigenvalue weighted by molar-refractivity contribution is 6.31. The van der Waals surface area contributed by atoms with Crippen molar-refractivity contribution in [3.05, 3.63) is 52.5 Å². The Morgan fingerprint density at radius 2 is 2.10 bits per heavy atom. The smallest absolute Gasteiger partial charge is 0.255 e. The molecule has 0 bridgehead atoms. The molecule has 0 spiro atoms. The fourth-order valence-corrected chi connectivity index (χ4v) is 1.90. The summed E-state index contributed by atoms with van der Waals surface area (Å²) in [4.78, 5) is 12.2. The van der Waals surface area contributed by atoms with Gasteiger partial charge in [-0.15, -0.1) is 0 Å². The predicted molar refractivity (Wildman–Crippen MR) is 81.5 cm³/mol. The number of nitrogens with two attached hydrogens (primary N) is 1. The summed E-state index contributed by atoms with van der Waals surface area (Å²) >= 11 is 5.84. The molecule has 0 fully saturated rings. The van der Waals surface area contributed by atoms with E-state index in [1.807, 2.05) is 6.07 Å². The lowest BCUT2D eigenvalue weighted by Crippen LogP contribution is -2.12. The average molecular weight is 302 g/mol. The fourth-order valence-electron chi connectivity index (χ4n) is 1.74. The normalized spacial score (nSPS) is 9.76. The van der Waals surface area contributed by atoms with E-state index in [2.05, 4.69) is 5.32 Å². The number of hydrogen-bond donors (Lipinski definition) is 2. The molecule has 0 aromatic heterocycles. The van der Waals surface area contributed by atoms with Gasteiger partial charge in [0, 0.05) is 11.3 Å². The van der Waals surface area contributed by atoms with Gasteiger partial charge in [0.25, 0.3) is 5.91 Å². The Morgan fingerprint density at radius 3 is 2.76 bits per heavy atom. The third kappa shape index (κ3) is 3.25. The zero-order chi connectivity index (χ0) is 15.4. The minimum Gasteiger partial charge on any atom is -0.495 e. The van der Waals surface area contributed by atoms with Gasteiger partial charge in [-0.1, -0.05) is 11.6 Å². The summed E-state index contributed by atoms with van der Waals surface area (Å²) in [6.45, 7) is 0. The topological polar surface area (TPSA) is 88.1 Å². The van der Waals surface area contributed by atoms with Gasteiger partial charge in [0.2, 0.25) is 0 Å². The van der Waals surface area contributed by atoms with Crippen LogP contribution in [0.2, 0.25) is 5.02 Å². The largest absolute Gasteiger partial charge is 0.495 e. The molecule has 0 aliphatic rings. The van der Waals surface area contributed by atoms with Crippen LogP contribution in [0.15, 0.2) is 36.4 Å². The number of nitriles is 1. The fraction of sp³-hybridized carbons (Fsp3) is 0.0667. The summed E-state index contributed by atoms with van der Waals surface area (Å²) in [5.41, 5.74) is 7.33. The maximum absolute atomic E-state index is 12.2. The molecule has 3 N–H and O–H groups in total. The van der Waals surface area contributed by atoms with Crippen LogP contribution in [-0.2, 0) is 0 Å². The third-order valence-electron chi connectivity index (χ3n) is 2.84. The maximum Gasteiger partial charge on any atom is 0.255 e. The van der Waals surface area contributed by atoms with Gasteiger partial charge in [-0.05, 0) is 36.4 Å². The average Bonchev–Trinajstić information content (AvgIpc) is 2.49. The quantitative estimate of drug-likeness (QED) is 0.853. The van der Waals surface area contributed by atoms with Crippen LogP contribution in [0.5, 0.6) is 5.75 Å². The molecule has 106 valence electrons. The van der Waals surface area contributed by atoms with Crippen LogP contribution < -0.4 is 15.8 Å². The minimum absolute atomic E-state index is 0.296. The van der Waals surface area contributed by atoms with Crippen molar-refractivity contribution in [1.29, 1.82) is 5.26 Å². The van der Waals surface area contributed by atoms with Gasteiger partial charge in [0.05, 0.1) is 23.4 Å². The van der Waals surface area contributed by atoms with Crippen molar-refractivity contribution in [2.45, 2.75) is 0 Å². The molecule has 0 atom stereocenters. The van der Waals surface area contributed by atoms with Crippen molar-refractivity contribution in [2.75, 3.05) is 18.2 Å². The van der Waals surface area contributed by atoms with Crippen molar-refractivity contribution < 1.29 is 9.53 Å². The number of nitrogens with zero attached hydrogens (tertiary/aromatic N) is 1. The van der Waals surface area contributed by atoms with Crippen LogP contribution in [0.1, 0.15) is 15.9 Å². The summed E-state index contributed by atoms with van der Waals surface area (Å²) in [6, 6.07) is 11.4. The van der Waals surface area contributed by atoms with Gasteiger partial charge >= 0.3 is 0 Å². The van der Waals surface area contributed by atoms with E-state index < -0.39 is 0 Å². The standard InChI is InChI=1S/C15H12ClN3O2/c1-21-14-7-9(2-5-13(14)18)15(20)19-11-3-4-12(16)10(6-11)8-17/h2-7H,18H2,1H3,(H,19,20). The molecule has 2 aromatic carbocycles. The zero-order valence-electron chi connectivity index (χ0n) is 11.2. The van der Waals surface area contributed by atoms with E-state index in [0.717, 1.165) is 0 Å². The van der Waals surface area contributed by atoms with Gasteiger partial charge in [0.15, 0.2) is 0 Å². The summed E-state index contributed by atoms with van der Waals surface area (Å²) in [5.74, 6) is 0.0935. The van der Waals surface area contributed by atoms with Gasteiger partial charge in [-0.25, -0.2) is 0 Å². The molecule has 0 saturated carbocycles. The molecule has 0 aliphatic carbocycles. The predicted octanol–water partition coefficient (Wildman–Crippen LogP) is 3.05. The first-order valence-electron chi connectivity index (χ1n) is 5.99. The number of halogens is 1. The molecule has 6 heteroatoms. The summed E-state index contributed by atoms with van der Waals surface area (Å²) in [5, 5.41) is 11.9. The molecule has 2 rings (SSSR count). The first-order chi connectivity index (χ1) is 10.0. The van der Waals surface area contributed by atoms with E-state index in [4.69, 9.17) is 27.3 Å². The third-order valence-corrected chi connectivity index (χ3v) is 3.17. The molecule has 0 unspecified atom stereocenters. The number of carbonyl (C=O) groups excluding carboxylic acids is 1. The van der Waals surface area contributed by atoms with Crippen LogP contribution in [0, 0.1) is 11.3 Å². The van der Waals surface area contributed by atoms with Gasteiger partial charge in [0.1, 0.15) is 11.8 Å². The number of nitrogens with one attached hydrogen (secondary N) is 1. The molecular formula is C15H12ClN3O2. The van der Waals surface area contributed by atoms with E-state index >= 15 is 0 Å². The lowest BCUT2D eigenvalue weighted by atomic mass is 10.1. The van der Waals surface area contributed by atoms with Gasteiger partial charge in [-0.3, -0.25) is 4.79 Å². The SMILES string of the molecule is COc1cc(C(=O)Nc2ccc(Cl)c(C#N)c2)ccc1N.